The lowest BCUT2D eigenvalue weighted by Gasteiger charge is -2.21. The van der Waals surface area contributed by atoms with Gasteiger partial charge < -0.3 is 0 Å². The highest BCUT2D eigenvalue weighted by molar-refractivity contribution is 7.88. The van der Waals surface area contributed by atoms with Crippen molar-refractivity contribution >= 4 is 21.4 Å². The molecule has 6 heteroatoms. The van der Waals surface area contributed by atoms with Gasteiger partial charge in [0.25, 0.3) is 0 Å². The molecule has 2 aromatic heterocycles. The predicted molar refractivity (Wildman–Crippen MR) is 96.9 cm³/mol. The first-order valence-corrected chi connectivity index (χ1v) is 10.1. The van der Waals surface area contributed by atoms with Crippen LogP contribution in [0.4, 0.5) is 0 Å². The summed E-state index contributed by atoms with van der Waals surface area (Å²) in [6.07, 6.45) is 1.68. The van der Waals surface area contributed by atoms with E-state index >= 15 is 0 Å². The molecule has 0 aliphatic carbocycles. The second-order valence-electron chi connectivity index (χ2n) is 5.46. The van der Waals surface area contributed by atoms with Gasteiger partial charge in [0, 0.05) is 12.7 Å². The van der Waals surface area contributed by atoms with E-state index in [9.17, 15) is 8.42 Å². The van der Waals surface area contributed by atoms with Gasteiger partial charge in [0.05, 0.1) is 18.0 Å². The van der Waals surface area contributed by atoms with Gasteiger partial charge in [-0.1, -0.05) is 36.4 Å². The molecule has 0 aliphatic heterocycles. The summed E-state index contributed by atoms with van der Waals surface area (Å²) in [5.41, 5.74) is 2.52. The first-order valence-electron chi connectivity index (χ1n) is 7.56. The van der Waals surface area contributed by atoms with Gasteiger partial charge in [-0.05, 0) is 40.1 Å². The maximum atomic E-state index is 12.9. The first kappa shape index (κ1) is 16.8. The molecule has 3 aromatic rings. The molecule has 1 aromatic carbocycles. The van der Waals surface area contributed by atoms with Crippen molar-refractivity contribution in [2.24, 2.45) is 0 Å². The maximum Gasteiger partial charge on any atom is 0.218 e. The van der Waals surface area contributed by atoms with Crippen LogP contribution in [0.15, 0.2) is 71.6 Å². The van der Waals surface area contributed by atoms with Crippen LogP contribution >= 0.6 is 11.3 Å². The summed E-state index contributed by atoms with van der Waals surface area (Å²) in [6.45, 7) is 0.626. The van der Waals surface area contributed by atoms with Crippen LogP contribution < -0.4 is 0 Å². The van der Waals surface area contributed by atoms with Gasteiger partial charge in [0.15, 0.2) is 0 Å². The minimum absolute atomic E-state index is 0.00912. The molecule has 0 amide bonds. The van der Waals surface area contributed by atoms with E-state index < -0.39 is 10.0 Å². The Morgan fingerprint density at radius 1 is 0.917 bits per heavy atom. The van der Waals surface area contributed by atoms with Crippen LogP contribution in [0, 0.1) is 0 Å². The fourth-order valence-electron chi connectivity index (χ4n) is 2.39. The van der Waals surface area contributed by atoms with Crippen LogP contribution in [0.1, 0.15) is 16.8 Å². The third-order valence-electron chi connectivity index (χ3n) is 3.59. The van der Waals surface area contributed by atoms with Crippen molar-refractivity contribution in [1.82, 2.24) is 9.29 Å². The van der Waals surface area contributed by atoms with Gasteiger partial charge >= 0.3 is 0 Å². The zero-order valence-corrected chi connectivity index (χ0v) is 14.7. The Morgan fingerprint density at radius 3 is 2.38 bits per heavy atom. The molecule has 2 heterocycles. The SMILES string of the molecule is O=S(=O)(Cc1ccccc1)N(Cc1ccsc1)Cc1ccccn1. The van der Waals surface area contributed by atoms with Crippen molar-refractivity contribution in [3.8, 4) is 0 Å². The molecule has 0 radical (unpaired) electrons. The van der Waals surface area contributed by atoms with Gasteiger partial charge in [-0.3, -0.25) is 4.98 Å². The molecule has 0 bridgehead atoms. The molecular weight excluding hydrogens is 340 g/mol. The van der Waals surface area contributed by atoms with Gasteiger partial charge in [-0.15, -0.1) is 0 Å². The molecule has 0 saturated carbocycles. The summed E-state index contributed by atoms with van der Waals surface area (Å²) in [4.78, 5) is 4.26. The number of aromatic nitrogens is 1. The van der Waals surface area contributed by atoms with E-state index in [1.165, 1.54) is 4.31 Å². The van der Waals surface area contributed by atoms with Crippen molar-refractivity contribution < 1.29 is 8.42 Å². The average Bonchev–Trinajstić information content (AvgIpc) is 3.09. The summed E-state index contributed by atoms with van der Waals surface area (Å²) in [5.74, 6) is -0.00912. The van der Waals surface area contributed by atoms with Gasteiger partial charge in [-0.2, -0.15) is 15.6 Å². The summed E-state index contributed by atoms with van der Waals surface area (Å²) in [7, 11) is -3.45. The molecule has 124 valence electrons. The standard InChI is InChI=1S/C18H18N2O2S2/c21-24(22,15-16-6-2-1-3-7-16)20(12-17-9-11-23-14-17)13-18-8-4-5-10-19-18/h1-11,14H,12-13,15H2. The molecular formula is C18H18N2O2S2. The molecule has 0 aliphatic rings. The number of thiophene rings is 1. The predicted octanol–water partition coefficient (Wildman–Crippen LogP) is 3.68. The number of hydrogen-bond donors (Lipinski definition) is 0. The fourth-order valence-corrected chi connectivity index (χ4v) is 4.52. The maximum absolute atomic E-state index is 12.9. The van der Waals surface area contributed by atoms with E-state index in [4.69, 9.17) is 0 Å². The Labute approximate surface area is 146 Å². The molecule has 3 rings (SSSR count). The van der Waals surface area contributed by atoms with Crippen molar-refractivity contribution in [3.05, 3.63) is 88.4 Å². The zero-order valence-electron chi connectivity index (χ0n) is 13.1. The van der Waals surface area contributed by atoms with Crippen LogP contribution in [0.25, 0.3) is 0 Å². The van der Waals surface area contributed by atoms with E-state index in [0.29, 0.717) is 6.54 Å². The second-order valence-corrected chi connectivity index (χ2v) is 8.21. The molecule has 0 N–H and O–H groups in total. The van der Waals surface area contributed by atoms with Gasteiger partial charge in [-0.25, -0.2) is 8.42 Å². The van der Waals surface area contributed by atoms with Crippen LogP contribution in [0.2, 0.25) is 0 Å². The highest BCUT2D eigenvalue weighted by Crippen LogP contribution is 2.18. The van der Waals surface area contributed by atoms with Crippen molar-refractivity contribution in [3.63, 3.8) is 0 Å². The average molecular weight is 358 g/mol. The normalized spacial score (nSPS) is 11.7. The van der Waals surface area contributed by atoms with Crippen LogP contribution in [0.3, 0.4) is 0 Å². The van der Waals surface area contributed by atoms with E-state index in [1.54, 1.807) is 17.5 Å². The van der Waals surface area contributed by atoms with Gasteiger partial charge in [0.1, 0.15) is 0 Å². The zero-order chi connectivity index (χ0) is 16.8. The Bertz CT molecular complexity index is 849. The van der Waals surface area contributed by atoms with E-state index in [1.807, 2.05) is 65.4 Å². The van der Waals surface area contributed by atoms with Crippen LogP contribution in [0.5, 0.6) is 0 Å². The van der Waals surface area contributed by atoms with Crippen LogP contribution in [-0.4, -0.2) is 17.7 Å². The van der Waals surface area contributed by atoms with Gasteiger partial charge in [0.2, 0.25) is 10.0 Å². The van der Waals surface area contributed by atoms with E-state index in [0.717, 1.165) is 16.8 Å². The number of sulfonamides is 1. The quantitative estimate of drug-likeness (QED) is 0.647. The summed E-state index contributed by atoms with van der Waals surface area (Å²) in [6, 6.07) is 16.8. The van der Waals surface area contributed by atoms with Crippen molar-refractivity contribution in [1.29, 1.82) is 0 Å². The number of benzene rings is 1. The number of nitrogens with zero attached hydrogens (tertiary/aromatic N) is 2. The van der Waals surface area contributed by atoms with E-state index in [2.05, 4.69) is 4.98 Å². The fraction of sp³-hybridized carbons (Fsp3) is 0.167. The lowest BCUT2D eigenvalue weighted by atomic mass is 10.2. The van der Waals surface area contributed by atoms with E-state index in [-0.39, 0.29) is 12.3 Å². The highest BCUT2D eigenvalue weighted by Gasteiger charge is 2.23. The minimum atomic E-state index is -3.45. The molecule has 0 fully saturated rings. The molecule has 0 spiro atoms. The summed E-state index contributed by atoms with van der Waals surface area (Å²) < 4.78 is 27.4. The van der Waals surface area contributed by atoms with Crippen molar-refractivity contribution in [2.45, 2.75) is 18.8 Å². The molecule has 4 nitrogen and oxygen atoms in total. The monoisotopic (exact) mass is 358 g/mol. The summed E-state index contributed by atoms with van der Waals surface area (Å²) in [5, 5.41) is 3.93. The Balaban J connectivity index is 1.85. The number of hydrogen-bond acceptors (Lipinski definition) is 4. The molecule has 24 heavy (non-hydrogen) atoms. The largest absolute Gasteiger partial charge is 0.260 e. The molecule has 0 atom stereocenters. The third-order valence-corrected chi connectivity index (χ3v) is 6.06. The number of rotatable bonds is 7. The lowest BCUT2D eigenvalue weighted by Crippen LogP contribution is -2.31. The highest BCUT2D eigenvalue weighted by atomic mass is 32.2. The third kappa shape index (κ3) is 4.50. The van der Waals surface area contributed by atoms with Crippen LogP contribution in [-0.2, 0) is 28.9 Å². The Hall–Kier alpha value is -2.02. The Kier molecular flexibility index (Phi) is 5.40. The van der Waals surface area contributed by atoms with Crippen molar-refractivity contribution in [2.75, 3.05) is 0 Å². The topological polar surface area (TPSA) is 50.3 Å². The first-order chi connectivity index (χ1) is 11.6. The number of pyridine rings is 1. The lowest BCUT2D eigenvalue weighted by molar-refractivity contribution is 0.396. The molecule has 0 saturated heterocycles. The minimum Gasteiger partial charge on any atom is -0.260 e. The smallest absolute Gasteiger partial charge is 0.218 e. The summed E-state index contributed by atoms with van der Waals surface area (Å²) >= 11 is 1.57. The Morgan fingerprint density at radius 2 is 1.71 bits per heavy atom. The molecule has 0 unspecified atom stereocenters. The second kappa shape index (κ2) is 7.70.